The van der Waals surface area contributed by atoms with Gasteiger partial charge in [-0.15, -0.1) is 0 Å². The fraction of sp³-hybridized carbons (Fsp3) is 0.250. The van der Waals surface area contributed by atoms with Gasteiger partial charge in [0.1, 0.15) is 6.26 Å². The Hall–Kier alpha value is -1.06. The standard InChI is InChI=1S/C4H4FNO2/c5-3-7-4-1-2-8-6-4/h1-2H,3H2. The minimum atomic E-state index is -0.869. The van der Waals surface area contributed by atoms with Gasteiger partial charge in [-0.05, 0) is 5.16 Å². The second kappa shape index (κ2) is 2.30. The Morgan fingerprint density at radius 1 is 1.88 bits per heavy atom. The van der Waals surface area contributed by atoms with Gasteiger partial charge >= 0.3 is 0 Å². The first-order valence-electron chi connectivity index (χ1n) is 2.02. The molecule has 0 aliphatic carbocycles. The Bertz CT molecular complexity index is 140. The van der Waals surface area contributed by atoms with E-state index in [4.69, 9.17) is 0 Å². The zero-order valence-corrected chi connectivity index (χ0v) is 4.00. The average molecular weight is 117 g/mol. The molecule has 1 rings (SSSR count). The fourth-order valence-electron chi connectivity index (χ4n) is 0.332. The molecule has 1 heterocycles. The van der Waals surface area contributed by atoms with Crippen molar-refractivity contribution >= 4 is 0 Å². The van der Waals surface area contributed by atoms with E-state index in [0.717, 1.165) is 0 Å². The predicted octanol–water partition coefficient (Wildman–Crippen LogP) is 0.980. The van der Waals surface area contributed by atoms with Gasteiger partial charge in [0, 0.05) is 6.07 Å². The Morgan fingerprint density at radius 2 is 2.75 bits per heavy atom. The van der Waals surface area contributed by atoms with Crippen molar-refractivity contribution < 1.29 is 13.7 Å². The molecule has 0 N–H and O–H groups in total. The summed E-state index contributed by atoms with van der Waals surface area (Å²) in [5, 5.41) is 3.27. The van der Waals surface area contributed by atoms with Gasteiger partial charge in [-0.25, -0.2) is 4.39 Å². The maximum atomic E-state index is 11.3. The highest BCUT2D eigenvalue weighted by molar-refractivity contribution is 5.01. The second-order valence-electron chi connectivity index (χ2n) is 1.09. The van der Waals surface area contributed by atoms with Crippen LogP contribution in [0.15, 0.2) is 16.9 Å². The zero-order valence-electron chi connectivity index (χ0n) is 4.00. The maximum Gasteiger partial charge on any atom is 0.256 e. The molecule has 0 saturated carbocycles. The predicted molar refractivity (Wildman–Crippen MR) is 23.1 cm³/mol. The molecule has 4 heteroatoms. The highest BCUT2D eigenvalue weighted by Gasteiger charge is 1.91. The molecule has 0 aromatic carbocycles. The fourth-order valence-corrected chi connectivity index (χ4v) is 0.332. The molecule has 0 aliphatic heterocycles. The lowest BCUT2D eigenvalue weighted by Crippen LogP contribution is -1.88. The molecule has 0 unspecified atom stereocenters. The van der Waals surface area contributed by atoms with Crippen molar-refractivity contribution in [2.45, 2.75) is 0 Å². The Morgan fingerprint density at radius 3 is 3.25 bits per heavy atom. The van der Waals surface area contributed by atoms with Crippen LogP contribution in [0.3, 0.4) is 0 Å². The van der Waals surface area contributed by atoms with Crippen molar-refractivity contribution in [3.05, 3.63) is 12.3 Å². The van der Waals surface area contributed by atoms with Crippen LogP contribution in [0, 0.1) is 0 Å². The third kappa shape index (κ3) is 0.959. The lowest BCUT2D eigenvalue weighted by atomic mass is 10.7. The van der Waals surface area contributed by atoms with Crippen LogP contribution in [0.5, 0.6) is 5.88 Å². The highest BCUT2D eigenvalue weighted by atomic mass is 19.1. The summed E-state index contributed by atoms with van der Waals surface area (Å²) < 4.78 is 19.9. The molecule has 8 heavy (non-hydrogen) atoms. The summed E-state index contributed by atoms with van der Waals surface area (Å²) in [5.41, 5.74) is 0. The van der Waals surface area contributed by atoms with Crippen molar-refractivity contribution in [2.75, 3.05) is 6.86 Å². The van der Waals surface area contributed by atoms with E-state index in [2.05, 4.69) is 14.4 Å². The van der Waals surface area contributed by atoms with Gasteiger partial charge in [0.05, 0.1) is 0 Å². The van der Waals surface area contributed by atoms with Gasteiger partial charge in [0.25, 0.3) is 5.88 Å². The maximum absolute atomic E-state index is 11.3. The lowest BCUT2D eigenvalue weighted by Gasteiger charge is -1.88. The third-order valence-electron chi connectivity index (χ3n) is 0.617. The van der Waals surface area contributed by atoms with Gasteiger partial charge < -0.3 is 9.26 Å². The number of hydrogen-bond donors (Lipinski definition) is 0. The van der Waals surface area contributed by atoms with E-state index in [1.165, 1.54) is 12.3 Å². The first kappa shape index (κ1) is 5.08. The first-order chi connectivity index (χ1) is 3.93. The van der Waals surface area contributed by atoms with Crippen LogP contribution < -0.4 is 4.74 Å². The minimum absolute atomic E-state index is 0.174. The summed E-state index contributed by atoms with van der Waals surface area (Å²) in [4.78, 5) is 0. The molecule has 0 aliphatic rings. The number of nitrogens with zero attached hydrogens (tertiary/aromatic N) is 1. The average Bonchev–Trinajstić information content (AvgIpc) is 2.19. The first-order valence-corrected chi connectivity index (χ1v) is 2.02. The number of rotatable bonds is 2. The quantitative estimate of drug-likeness (QED) is 0.579. The molecule has 0 amide bonds. The van der Waals surface area contributed by atoms with Gasteiger partial charge in [0.15, 0.2) is 0 Å². The Balaban J connectivity index is 2.50. The number of ether oxygens (including phenoxy) is 1. The summed E-state index contributed by atoms with van der Waals surface area (Å²) in [5.74, 6) is 0.174. The van der Waals surface area contributed by atoms with Crippen LogP contribution in [0.1, 0.15) is 0 Å². The van der Waals surface area contributed by atoms with E-state index in [-0.39, 0.29) is 5.88 Å². The van der Waals surface area contributed by atoms with E-state index >= 15 is 0 Å². The van der Waals surface area contributed by atoms with E-state index < -0.39 is 6.86 Å². The zero-order chi connectivity index (χ0) is 5.82. The Labute approximate surface area is 45.0 Å². The SMILES string of the molecule is FCOc1ccon1. The normalized spacial score (nSPS) is 9.12. The number of hydrogen-bond acceptors (Lipinski definition) is 3. The van der Waals surface area contributed by atoms with Gasteiger partial charge in [-0.1, -0.05) is 0 Å². The minimum Gasteiger partial charge on any atom is -0.444 e. The molecule has 0 bridgehead atoms. The van der Waals surface area contributed by atoms with Crippen LogP contribution in [0.25, 0.3) is 0 Å². The van der Waals surface area contributed by atoms with Crippen LogP contribution in [0.2, 0.25) is 0 Å². The van der Waals surface area contributed by atoms with E-state index in [0.29, 0.717) is 0 Å². The van der Waals surface area contributed by atoms with Crippen molar-refractivity contribution in [3.63, 3.8) is 0 Å². The highest BCUT2D eigenvalue weighted by Crippen LogP contribution is 2.03. The van der Waals surface area contributed by atoms with E-state index in [1.807, 2.05) is 0 Å². The van der Waals surface area contributed by atoms with Crippen molar-refractivity contribution in [1.82, 2.24) is 5.16 Å². The monoisotopic (exact) mass is 117 g/mol. The summed E-state index contributed by atoms with van der Waals surface area (Å²) in [6, 6.07) is 1.43. The summed E-state index contributed by atoms with van der Waals surface area (Å²) in [6.07, 6.45) is 1.31. The topological polar surface area (TPSA) is 35.3 Å². The Kier molecular flexibility index (Phi) is 1.46. The summed E-state index contributed by atoms with van der Waals surface area (Å²) >= 11 is 0. The van der Waals surface area contributed by atoms with Crippen LogP contribution in [0.4, 0.5) is 4.39 Å². The number of halogens is 1. The number of alkyl halides is 1. The third-order valence-corrected chi connectivity index (χ3v) is 0.617. The lowest BCUT2D eigenvalue weighted by molar-refractivity contribution is 0.176. The smallest absolute Gasteiger partial charge is 0.256 e. The van der Waals surface area contributed by atoms with Crippen molar-refractivity contribution in [2.24, 2.45) is 0 Å². The van der Waals surface area contributed by atoms with Crippen LogP contribution in [-0.2, 0) is 0 Å². The molecule has 0 atom stereocenters. The molecular weight excluding hydrogens is 113 g/mol. The van der Waals surface area contributed by atoms with Gasteiger partial charge in [0.2, 0.25) is 6.86 Å². The summed E-state index contributed by atoms with van der Waals surface area (Å²) in [7, 11) is 0. The van der Waals surface area contributed by atoms with Gasteiger partial charge in [-0.2, -0.15) is 0 Å². The van der Waals surface area contributed by atoms with Crippen LogP contribution in [-0.4, -0.2) is 12.0 Å². The van der Waals surface area contributed by atoms with Crippen molar-refractivity contribution in [1.29, 1.82) is 0 Å². The van der Waals surface area contributed by atoms with Gasteiger partial charge in [-0.3, -0.25) is 0 Å². The second-order valence-corrected chi connectivity index (χ2v) is 1.09. The molecule has 3 nitrogen and oxygen atoms in total. The molecule has 0 fully saturated rings. The summed E-state index contributed by atoms with van der Waals surface area (Å²) in [6.45, 7) is -0.869. The molecule has 0 spiro atoms. The molecule has 1 aromatic rings. The molecular formula is C4H4FNO2. The molecule has 0 radical (unpaired) electrons. The van der Waals surface area contributed by atoms with Crippen LogP contribution >= 0.6 is 0 Å². The number of aromatic nitrogens is 1. The molecule has 1 aromatic heterocycles. The van der Waals surface area contributed by atoms with Crippen molar-refractivity contribution in [3.8, 4) is 5.88 Å². The van der Waals surface area contributed by atoms with E-state index in [1.54, 1.807) is 0 Å². The molecule has 0 saturated heterocycles. The molecule has 44 valence electrons. The largest absolute Gasteiger partial charge is 0.444 e. The van der Waals surface area contributed by atoms with E-state index in [9.17, 15) is 4.39 Å².